The third-order valence-electron chi connectivity index (χ3n) is 4.93. The predicted molar refractivity (Wildman–Crippen MR) is 113 cm³/mol. The Morgan fingerprint density at radius 2 is 2.21 bits per heavy atom. The second kappa shape index (κ2) is 9.67. The zero-order chi connectivity index (χ0) is 20.8. The van der Waals surface area contributed by atoms with Crippen LogP contribution in [0.1, 0.15) is 31.5 Å². The van der Waals surface area contributed by atoms with Crippen LogP contribution in [0.25, 0.3) is 0 Å². The van der Waals surface area contributed by atoms with E-state index in [1.54, 1.807) is 25.3 Å². The van der Waals surface area contributed by atoms with Gasteiger partial charge >= 0.3 is 0 Å². The number of rotatable bonds is 8. The number of hydrogen-bond donors (Lipinski definition) is 2. The number of nitrogens with one attached hydrogen (secondary N) is 1. The average Bonchev–Trinajstić information content (AvgIpc) is 2.75. The maximum atomic E-state index is 8.68. The fourth-order valence-electron chi connectivity index (χ4n) is 3.40. The molecule has 3 rings (SSSR count). The van der Waals surface area contributed by atoms with Gasteiger partial charge in [0.15, 0.2) is 0 Å². The number of nitrogen functional groups attached to an aromatic ring is 1. The van der Waals surface area contributed by atoms with E-state index in [4.69, 9.17) is 25.4 Å². The predicted octanol–water partition coefficient (Wildman–Crippen LogP) is 2.50. The van der Waals surface area contributed by atoms with E-state index in [-0.39, 0.29) is 17.9 Å². The van der Waals surface area contributed by atoms with Crippen molar-refractivity contribution in [3.05, 3.63) is 41.9 Å². The molecule has 0 aliphatic carbocycles. The summed E-state index contributed by atoms with van der Waals surface area (Å²) < 4.78 is 16.5. The SMILES string of the molecule is CCC1COCCN1c1cc(C(=N)c2cc(OC(C)COC)ccc2N)ncn1. The highest BCUT2D eigenvalue weighted by molar-refractivity contribution is 6.13. The highest BCUT2D eigenvalue weighted by atomic mass is 16.5. The van der Waals surface area contributed by atoms with Crippen molar-refractivity contribution in [2.75, 3.05) is 44.1 Å². The van der Waals surface area contributed by atoms with Crippen LogP contribution in [0.5, 0.6) is 5.75 Å². The number of nitrogens with zero attached hydrogens (tertiary/aromatic N) is 3. The molecular formula is C21H29N5O3. The molecule has 2 aromatic rings. The van der Waals surface area contributed by atoms with Gasteiger partial charge in [0.1, 0.15) is 24.0 Å². The van der Waals surface area contributed by atoms with Gasteiger partial charge in [0.25, 0.3) is 0 Å². The molecule has 0 amide bonds. The second-order valence-corrected chi connectivity index (χ2v) is 7.10. The fraction of sp³-hybridized carbons (Fsp3) is 0.476. The van der Waals surface area contributed by atoms with Crippen molar-refractivity contribution in [1.82, 2.24) is 9.97 Å². The molecule has 0 spiro atoms. The van der Waals surface area contributed by atoms with E-state index in [1.165, 1.54) is 6.33 Å². The summed E-state index contributed by atoms with van der Waals surface area (Å²) in [6, 6.07) is 7.43. The molecule has 1 aliphatic heterocycles. The Morgan fingerprint density at radius 1 is 1.38 bits per heavy atom. The van der Waals surface area contributed by atoms with E-state index < -0.39 is 0 Å². The Kier molecular flexibility index (Phi) is 7.00. The lowest BCUT2D eigenvalue weighted by molar-refractivity contribution is 0.0921. The summed E-state index contributed by atoms with van der Waals surface area (Å²) in [6.45, 7) is 6.65. The second-order valence-electron chi connectivity index (χ2n) is 7.10. The minimum absolute atomic E-state index is 0.108. The van der Waals surface area contributed by atoms with Crippen molar-refractivity contribution in [2.24, 2.45) is 0 Å². The summed E-state index contributed by atoms with van der Waals surface area (Å²) in [5.74, 6) is 1.44. The van der Waals surface area contributed by atoms with Crippen LogP contribution in [0.3, 0.4) is 0 Å². The number of ether oxygens (including phenoxy) is 3. The molecule has 1 saturated heterocycles. The Bertz CT molecular complexity index is 845. The molecule has 2 atom stereocenters. The van der Waals surface area contributed by atoms with Crippen molar-refractivity contribution >= 4 is 17.2 Å². The molecule has 156 valence electrons. The Balaban J connectivity index is 1.85. The van der Waals surface area contributed by atoms with Gasteiger partial charge in [-0.05, 0) is 31.5 Å². The van der Waals surface area contributed by atoms with E-state index in [9.17, 15) is 0 Å². The van der Waals surface area contributed by atoms with Crippen molar-refractivity contribution in [3.8, 4) is 5.75 Å². The first-order chi connectivity index (χ1) is 14.0. The number of aromatic nitrogens is 2. The van der Waals surface area contributed by atoms with Gasteiger partial charge in [0.2, 0.25) is 0 Å². The minimum atomic E-state index is -0.108. The van der Waals surface area contributed by atoms with Crippen LogP contribution in [0, 0.1) is 5.41 Å². The van der Waals surface area contributed by atoms with Crippen LogP contribution in [0.4, 0.5) is 11.5 Å². The molecule has 0 saturated carbocycles. The number of benzene rings is 1. The van der Waals surface area contributed by atoms with Gasteiger partial charge in [-0.3, -0.25) is 5.41 Å². The molecule has 29 heavy (non-hydrogen) atoms. The zero-order valence-corrected chi connectivity index (χ0v) is 17.2. The van der Waals surface area contributed by atoms with Gasteiger partial charge in [-0.1, -0.05) is 6.92 Å². The first kappa shape index (κ1) is 21.0. The smallest absolute Gasteiger partial charge is 0.133 e. The molecule has 1 aromatic heterocycles. The Hall–Kier alpha value is -2.71. The normalized spacial score (nSPS) is 17.8. The van der Waals surface area contributed by atoms with Crippen LogP contribution in [-0.2, 0) is 9.47 Å². The number of nitrogens with two attached hydrogens (primary N) is 1. The molecule has 3 N–H and O–H groups in total. The molecule has 1 aromatic carbocycles. The van der Waals surface area contributed by atoms with E-state index in [2.05, 4.69) is 21.8 Å². The van der Waals surface area contributed by atoms with E-state index in [1.807, 2.05) is 13.0 Å². The molecule has 0 radical (unpaired) electrons. The van der Waals surface area contributed by atoms with Crippen LogP contribution in [0.2, 0.25) is 0 Å². The average molecular weight is 399 g/mol. The summed E-state index contributed by atoms with van der Waals surface area (Å²) >= 11 is 0. The van der Waals surface area contributed by atoms with Gasteiger partial charge in [0, 0.05) is 31.0 Å². The third-order valence-corrected chi connectivity index (χ3v) is 4.93. The minimum Gasteiger partial charge on any atom is -0.488 e. The maximum absolute atomic E-state index is 8.68. The first-order valence-corrected chi connectivity index (χ1v) is 9.84. The summed E-state index contributed by atoms with van der Waals surface area (Å²) in [4.78, 5) is 11.0. The number of anilines is 2. The van der Waals surface area contributed by atoms with Gasteiger partial charge in [-0.25, -0.2) is 9.97 Å². The molecule has 0 bridgehead atoms. The van der Waals surface area contributed by atoms with Gasteiger partial charge in [-0.2, -0.15) is 0 Å². The topological polar surface area (TPSA) is 107 Å². The Morgan fingerprint density at radius 3 is 2.97 bits per heavy atom. The monoisotopic (exact) mass is 399 g/mol. The molecule has 8 nitrogen and oxygen atoms in total. The van der Waals surface area contributed by atoms with Crippen LogP contribution < -0.4 is 15.4 Å². The van der Waals surface area contributed by atoms with Crippen molar-refractivity contribution < 1.29 is 14.2 Å². The standard InChI is InChI=1S/C21H29N5O3/c1-4-15-12-28-8-7-26(15)20-10-19(24-13-25-20)21(23)17-9-16(5-6-18(17)22)29-14(2)11-27-3/h5-6,9-10,13-15,23H,4,7-8,11-12,22H2,1-3H3. The summed E-state index contributed by atoms with van der Waals surface area (Å²) in [5, 5.41) is 8.68. The van der Waals surface area contributed by atoms with Gasteiger partial charge in [-0.15, -0.1) is 0 Å². The Labute approximate surface area is 171 Å². The van der Waals surface area contributed by atoms with Crippen molar-refractivity contribution in [1.29, 1.82) is 5.41 Å². The maximum Gasteiger partial charge on any atom is 0.133 e. The molecule has 1 aliphatic rings. The number of morpholine rings is 1. The molecular weight excluding hydrogens is 370 g/mol. The van der Waals surface area contributed by atoms with Gasteiger partial charge in [0.05, 0.1) is 37.3 Å². The molecule has 2 heterocycles. The van der Waals surface area contributed by atoms with E-state index in [0.29, 0.717) is 42.5 Å². The summed E-state index contributed by atoms with van der Waals surface area (Å²) in [5.41, 5.74) is 7.98. The van der Waals surface area contributed by atoms with E-state index in [0.717, 1.165) is 18.8 Å². The largest absolute Gasteiger partial charge is 0.488 e. The lowest BCUT2D eigenvalue weighted by Crippen LogP contribution is -2.45. The van der Waals surface area contributed by atoms with Crippen molar-refractivity contribution in [3.63, 3.8) is 0 Å². The van der Waals surface area contributed by atoms with Crippen LogP contribution >= 0.6 is 0 Å². The quantitative estimate of drug-likeness (QED) is 0.519. The molecule has 2 unspecified atom stereocenters. The molecule has 1 fully saturated rings. The molecule has 8 heteroatoms. The lowest BCUT2D eigenvalue weighted by Gasteiger charge is -2.36. The number of hydrogen-bond acceptors (Lipinski definition) is 8. The zero-order valence-electron chi connectivity index (χ0n) is 17.2. The lowest BCUT2D eigenvalue weighted by atomic mass is 10.0. The van der Waals surface area contributed by atoms with Crippen LogP contribution in [0.15, 0.2) is 30.6 Å². The summed E-state index contributed by atoms with van der Waals surface area (Å²) in [7, 11) is 1.63. The van der Waals surface area contributed by atoms with Crippen molar-refractivity contribution in [2.45, 2.75) is 32.4 Å². The van der Waals surface area contributed by atoms with E-state index >= 15 is 0 Å². The highest BCUT2D eigenvalue weighted by Gasteiger charge is 2.23. The van der Waals surface area contributed by atoms with Crippen LogP contribution in [-0.4, -0.2) is 61.3 Å². The first-order valence-electron chi connectivity index (χ1n) is 9.84. The fourth-order valence-corrected chi connectivity index (χ4v) is 3.40. The third kappa shape index (κ3) is 5.02. The van der Waals surface area contributed by atoms with Gasteiger partial charge < -0.3 is 24.8 Å². The summed E-state index contributed by atoms with van der Waals surface area (Å²) in [6.07, 6.45) is 2.35. The number of methoxy groups -OCH3 is 1. The highest BCUT2D eigenvalue weighted by Crippen LogP contribution is 2.25.